The van der Waals surface area contributed by atoms with Crippen LogP contribution in [0.15, 0.2) is 0 Å². The number of rotatable bonds is 3. The molecule has 0 spiro atoms. The predicted molar refractivity (Wildman–Crippen MR) is 64.4 cm³/mol. The molecule has 0 radical (unpaired) electrons. The van der Waals surface area contributed by atoms with Crippen molar-refractivity contribution >= 4 is 0 Å². The normalized spacial score (nSPS) is 20.8. The molecule has 0 atom stereocenters. The van der Waals surface area contributed by atoms with E-state index in [9.17, 15) is 0 Å². The van der Waals surface area contributed by atoms with Gasteiger partial charge in [-0.25, -0.2) is 0 Å². The van der Waals surface area contributed by atoms with Crippen LogP contribution in [0.5, 0.6) is 0 Å². The molecule has 84 valence electrons. The number of hydrogen-bond acceptors (Lipinski definition) is 0. The van der Waals surface area contributed by atoms with Crippen LogP contribution in [0.1, 0.15) is 66.2 Å². The van der Waals surface area contributed by atoms with Gasteiger partial charge in [-0.2, -0.15) is 0 Å². The molecule has 0 aromatic heterocycles. The molecular weight excluding hydrogens is 168 g/mol. The van der Waals surface area contributed by atoms with Crippen LogP contribution >= 0.6 is 0 Å². The van der Waals surface area contributed by atoms with Crippen molar-refractivity contribution in [1.29, 1.82) is 0 Å². The molecule has 1 aliphatic carbocycles. The van der Waals surface area contributed by atoms with Gasteiger partial charge in [0, 0.05) is 0 Å². The maximum absolute atomic E-state index is 2.41. The Hall–Kier alpha value is 0. The van der Waals surface area contributed by atoms with Gasteiger partial charge in [-0.1, -0.05) is 66.2 Å². The van der Waals surface area contributed by atoms with Crippen LogP contribution in [-0.4, -0.2) is 0 Å². The summed E-state index contributed by atoms with van der Waals surface area (Å²) in [5, 5.41) is 0. The molecule has 0 aromatic carbocycles. The molecule has 0 amide bonds. The summed E-state index contributed by atoms with van der Waals surface area (Å²) in [4.78, 5) is 0. The van der Waals surface area contributed by atoms with Gasteiger partial charge in [0.15, 0.2) is 0 Å². The Labute approximate surface area is 90.5 Å². The van der Waals surface area contributed by atoms with Crippen LogP contribution in [0.2, 0.25) is 0 Å². The van der Waals surface area contributed by atoms with Crippen molar-refractivity contribution in [3.63, 3.8) is 0 Å². The minimum Gasteiger partial charge on any atom is -0.0625 e. The van der Waals surface area contributed by atoms with E-state index in [1.807, 2.05) is 0 Å². The highest BCUT2D eigenvalue weighted by Crippen LogP contribution is 2.37. The fraction of sp³-hybridized carbons (Fsp3) is 1.00. The van der Waals surface area contributed by atoms with Gasteiger partial charge < -0.3 is 0 Å². The largest absolute Gasteiger partial charge is 0.0625 e. The van der Waals surface area contributed by atoms with Crippen molar-refractivity contribution < 1.29 is 0 Å². The Balaban J connectivity index is 2.56. The summed E-state index contributed by atoms with van der Waals surface area (Å²) >= 11 is 0. The van der Waals surface area contributed by atoms with E-state index < -0.39 is 0 Å². The highest BCUT2D eigenvalue weighted by Gasteiger charge is 2.27. The van der Waals surface area contributed by atoms with Crippen LogP contribution < -0.4 is 0 Å². The third-order valence-electron chi connectivity index (χ3n) is 3.98. The van der Waals surface area contributed by atoms with Gasteiger partial charge in [0.1, 0.15) is 0 Å². The second kappa shape index (κ2) is 5.78. The van der Waals surface area contributed by atoms with Gasteiger partial charge in [0.05, 0.1) is 0 Å². The first-order valence-electron chi connectivity index (χ1n) is 6.63. The van der Waals surface area contributed by atoms with Gasteiger partial charge in [-0.3, -0.25) is 0 Å². The fourth-order valence-corrected chi connectivity index (χ4v) is 3.55. The van der Waals surface area contributed by atoms with Crippen molar-refractivity contribution in [2.45, 2.75) is 66.2 Å². The quantitative estimate of drug-likeness (QED) is 0.564. The molecular formula is C14H28. The van der Waals surface area contributed by atoms with Crippen molar-refractivity contribution in [2.24, 2.45) is 23.7 Å². The lowest BCUT2D eigenvalue weighted by Crippen LogP contribution is -2.25. The molecule has 0 aliphatic heterocycles. The van der Waals surface area contributed by atoms with Gasteiger partial charge >= 0.3 is 0 Å². The molecule has 1 aliphatic rings. The zero-order valence-electron chi connectivity index (χ0n) is 10.6. The summed E-state index contributed by atoms with van der Waals surface area (Å²) in [7, 11) is 0. The average molecular weight is 196 g/mol. The molecule has 1 rings (SSSR count). The van der Waals surface area contributed by atoms with Gasteiger partial charge in [-0.15, -0.1) is 0 Å². The second-order valence-corrected chi connectivity index (χ2v) is 5.82. The Morgan fingerprint density at radius 1 is 0.714 bits per heavy atom. The topological polar surface area (TPSA) is 0 Å². The molecule has 0 nitrogen and oxygen atoms in total. The maximum Gasteiger partial charge on any atom is -0.0340 e. The minimum absolute atomic E-state index is 0.873. The fourth-order valence-electron chi connectivity index (χ4n) is 3.55. The lowest BCUT2D eigenvalue weighted by atomic mass is 9.73. The Kier molecular flexibility index (Phi) is 4.98. The second-order valence-electron chi connectivity index (χ2n) is 5.82. The Morgan fingerprint density at radius 2 is 1.14 bits per heavy atom. The Morgan fingerprint density at radius 3 is 1.50 bits per heavy atom. The lowest BCUT2D eigenvalue weighted by molar-refractivity contribution is 0.169. The van der Waals surface area contributed by atoms with E-state index in [4.69, 9.17) is 0 Å². The summed E-state index contributed by atoms with van der Waals surface area (Å²) < 4.78 is 0. The van der Waals surface area contributed by atoms with Crippen LogP contribution in [0, 0.1) is 23.7 Å². The van der Waals surface area contributed by atoms with Gasteiger partial charge in [0.25, 0.3) is 0 Å². The lowest BCUT2D eigenvalue weighted by Gasteiger charge is -2.33. The Bertz CT molecular complexity index is 130. The first-order valence-corrected chi connectivity index (χ1v) is 6.63. The summed E-state index contributed by atoms with van der Waals surface area (Å²) in [5.41, 5.74) is 0. The molecule has 0 saturated heterocycles. The van der Waals surface area contributed by atoms with Crippen molar-refractivity contribution in [1.82, 2.24) is 0 Å². The third kappa shape index (κ3) is 3.29. The van der Waals surface area contributed by atoms with Gasteiger partial charge in [-0.05, 0) is 23.7 Å². The molecule has 0 N–H and O–H groups in total. The van der Waals surface area contributed by atoms with E-state index >= 15 is 0 Å². The third-order valence-corrected chi connectivity index (χ3v) is 3.98. The summed E-state index contributed by atoms with van der Waals surface area (Å²) in [6.07, 6.45) is 8.95. The zero-order valence-corrected chi connectivity index (χ0v) is 10.6. The van der Waals surface area contributed by atoms with E-state index in [1.54, 1.807) is 0 Å². The maximum atomic E-state index is 2.41. The predicted octanol–water partition coefficient (Wildman–Crippen LogP) is 4.89. The highest BCUT2D eigenvalue weighted by molar-refractivity contribution is 4.77. The number of hydrogen-bond donors (Lipinski definition) is 0. The molecule has 14 heavy (non-hydrogen) atoms. The molecule has 0 unspecified atom stereocenters. The van der Waals surface area contributed by atoms with Crippen LogP contribution in [0.3, 0.4) is 0 Å². The van der Waals surface area contributed by atoms with E-state index in [-0.39, 0.29) is 0 Å². The van der Waals surface area contributed by atoms with E-state index in [0.717, 1.165) is 23.7 Å². The molecule has 1 saturated carbocycles. The SMILES string of the molecule is CC(C)C(C(C)C)C1CCCCCC1. The summed E-state index contributed by atoms with van der Waals surface area (Å²) in [5.74, 6) is 3.74. The van der Waals surface area contributed by atoms with E-state index in [2.05, 4.69) is 27.7 Å². The van der Waals surface area contributed by atoms with Crippen molar-refractivity contribution in [3.8, 4) is 0 Å². The van der Waals surface area contributed by atoms with Crippen LogP contribution in [0.25, 0.3) is 0 Å². The first kappa shape index (κ1) is 12.1. The summed E-state index contributed by atoms with van der Waals surface area (Å²) in [6.45, 7) is 9.65. The average Bonchev–Trinajstić information content (AvgIpc) is 2.31. The molecule has 0 heteroatoms. The molecule has 0 bridgehead atoms. The van der Waals surface area contributed by atoms with Crippen molar-refractivity contribution in [3.05, 3.63) is 0 Å². The van der Waals surface area contributed by atoms with Crippen LogP contribution in [0.4, 0.5) is 0 Å². The molecule has 0 heterocycles. The van der Waals surface area contributed by atoms with E-state index in [1.165, 1.54) is 38.5 Å². The standard InChI is InChI=1S/C14H28/c1-11(2)14(12(3)4)13-9-7-5-6-8-10-13/h11-14H,5-10H2,1-4H3. The molecule has 1 fully saturated rings. The van der Waals surface area contributed by atoms with Crippen molar-refractivity contribution in [2.75, 3.05) is 0 Å². The van der Waals surface area contributed by atoms with Crippen LogP contribution in [-0.2, 0) is 0 Å². The van der Waals surface area contributed by atoms with Gasteiger partial charge in [0.2, 0.25) is 0 Å². The zero-order chi connectivity index (χ0) is 10.6. The van der Waals surface area contributed by atoms with E-state index in [0.29, 0.717) is 0 Å². The smallest absolute Gasteiger partial charge is 0.0340 e. The monoisotopic (exact) mass is 196 g/mol. The first-order chi connectivity index (χ1) is 6.63. The summed E-state index contributed by atoms with van der Waals surface area (Å²) in [6, 6.07) is 0. The minimum atomic E-state index is 0.873. The molecule has 0 aromatic rings. The highest BCUT2D eigenvalue weighted by atomic mass is 14.3.